The highest BCUT2D eigenvalue weighted by Crippen LogP contribution is 2.27. The third-order valence-corrected chi connectivity index (χ3v) is 2.72. The third-order valence-electron chi connectivity index (χ3n) is 2.72. The summed E-state index contributed by atoms with van der Waals surface area (Å²) in [7, 11) is 0. The Kier molecular flexibility index (Phi) is 2.29. The van der Waals surface area contributed by atoms with Crippen LogP contribution in [0.5, 0.6) is 0 Å². The first-order chi connectivity index (χ1) is 7.17. The summed E-state index contributed by atoms with van der Waals surface area (Å²) in [6.45, 7) is 3.13. The molecule has 0 aromatic carbocycles. The van der Waals surface area contributed by atoms with E-state index >= 15 is 0 Å². The van der Waals surface area contributed by atoms with Gasteiger partial charge in [-0.3, -0.25) is 0 Å². The summed E-state index contributed by atoms with van der Waals surface area (Å²) in [6.07, 6.45) is 0.743. The molecule has 1 fully saturated rings. The van der Waals surface area contributed by atoms with Crippen LogP contribution in [0.25, 0.3) is 0 Å². The number of hydrogen-bond acceptors (Lipinski definition) is 5. The number of nitrogens with zero attached hydrogens (tertiary/aromatic N) is 4. The summed E-state index contributed by atoms with van der Waals surface area (Å²) in [6, 6.07) is 5.30. The Morgan fingerprint density at radius 3 is 2.73 bits per heavy atom. The molecule has 0 saturated carbocycles. The number of aliphatic hydroxyl groups is 1. The quantitative estimate of drug-likeness (QED) is 0.750. The first kappa shape index (κ1) is 9.87. The zero-order chi connectivity index (χ0) is 10.9. The van der Waals surface area contributed by atoms with Crippen LogP contribution in [0.15, 0.2) is 12.1 Å². The number of anilines is 1. The maximum atomic E-state index is 9.81. The van der Waals surface area contributed by atoms with E-state index in [1.165, 1.54) is 0 Å². The van der Waals surface area contributed by atoms with Crippen LogP contribution in [-0.2, 0) is 0 Å². The van der Waals surface area contributed by atoms with E-state index in [0.717, 1.165) is 6.42 Å². The molecular weight excluding hydrogens is 192 g/mol. The molecule has 0 unspecified atom stereocenters. The van der Waals surface area contributed by atoms with Crippen LogP contribution < -0.4 is 4.90 Å². The molecule has 0 radical (unpaired) electrons. The van der Waals surface area contributed by atoms with Gasteiger partial charge in [0.1, 0.15) is 6.07 Å². The van der Waals surface area contributed by atoms with Gasteiger partial charge in [0.05, 0.1) is 18.7 Å². The predicted molar refractivity (Wildman–Crippen MR) is 54.2 cm³/mol. The number of aromatic nitrogens is 2. The Morgan fingerprint density at radius 2 is 2.27 bits per heavy atom. The lowest BCUT2D eigenvalue weighted by Gasteiger charge is -2.46. The van der Waals surface area contributed by atoms with Crippen LogP contribution >= 0.6 is 0 Å². The molecule has 0 atom stereocenters. The second-order valence-corrected chi connectivity index (χ2v) is 3.82. The average molecular weight is 204 g/mol. The molecule has 0 aliphatic carbocycles. The second kappa shape index (κ2) is 3.48. The van der Waals surface area contributed by atoms with Gasteiger partial charge < -0.3 is 10.0 Å². The topological polar surface area (TPSA) is 73.0 Å². The summed E-state index contributed by atoms with van der Waals surface area (Å²) in [5.41, 5.74) is -0.264. The third kappa shape index (κ3) is 1.76. The first-order valence-corrected chi connectivity index (χ1v) is 4.88. The number of hydrogen-bond donors (Lipinski definition) is 1. The van der Waals surface area contributed by atoms with Gasteiger partial charge in [0, 0.05) is 0 Å². The highest BCUT2D eigenvalue weighted by atomic mass is 16.3. The van der Waals surface area contributed by atoms with Gasteiger partial charge in [-0.25, -0.2) is 0 Å². The maximum absolute atomic E-state index is 9.81. The molecule has 2 heterocycles. The van der Waals surface area contributed by atoms with E-state index in [1.807, 2.05) is 17.9 Å². The smallest absolute Gasteiger partial charge is 0.163 e. The molecule has 1 aromatic rings. The molecule has 0 bridgehead atoms. The van der Waals surface area contributed by atoms with Crippen molar-refractivity contribution in [2.75, 3.05) is 18.0 Å². The maximum Gasteiger partial charge on any atom is 0.163 e. The number of rotatable bonds is 2. The Morgan fingerprint density at radius 1 is 1.53 bits per heavy atom. The molecule has 5 heteroatoms. The van der Waals surface area contributed by atoms with Gasteiger partial charge in [0.25, 0.3) is 0 Å². The zero-order valence-electron chi connectivity index (χ0n) is 8.51. The van der Waals surface area contributed by atoms with E-state index in [-0.39, 0.29) is 0 Å². The van der Waals surface area contributed by atoms with Gasteiger partial charge in [-0.1, -0.05) is 6.92 Å². The molecule has 1 aromatic heterocycles. The van der Waals surface area contributed by atoms with Crippen LogP contribution in [0.1, 0.15) is 19.0 Å². The highest BCUT2D eigenvalue weighted by Gasteiger charge is 2.40. The van der Waals surface area contributed by atoms with Crippen molar-refractivity contribution in [3.63, 3.8) is 0 Å². The minimum Gasteiger partial charge on any atom is -0.386 e. The second-order valence-electron chi connectivity index (χ2n) is 3.82. The molecule has 0 amide bonds. The van der Waals surface area contributed by atoms with E-state index < -0.39 is 5.60 Å². The lowest BCUT2D eigenvalue weighted by molar-refractivity contribution is 0.00797. The average Bonchev–Trinajstić information content (AvgIpc) is 2.25. The van der Waals surface area contributed by atoms with Gasteiger partial charge in [-0.15, -0.1) is 10.2 Å². The molecule has 78 valence electrons. The molecule has 1 aliphatic heterocycles. The fourth-order valence-corrected chi connectivity index (χ4v) is 1.60. The van der Waals surface area contributed by atoms with E-state index in [4.69, 9.17) is 5.26 Å². The normalized spacial score (nSPS) is 18.1. The summed E-state index contributed by atoms with van der Waals surface area (Å²) in [5, 5.41) is 26.0. The summed E-state index contributed by atoms with van der Waals surface area (Å²) in [4.78, 5) is 1.94. The van der Waals surface area contributed by atoms with E-state index in [0.29, 0.717) is 24.6 Å². The lowest BCUT2D eigenvalue weighted by atomic mass is 9.91. The van der Waals surface area contributed by atoms with E-state index in [9.17, 15) is 5.11 Å². The SMILES string of the molecule is CCC1(O)CN(c2ccc(C#N)nn2)C1. The van der Waals surface area contributed by atoms with Gasteiger partial charge >= 0.3 is 0 Å². The number of β-amino-alcohol motifs (C(OH)–C–C–N with tert-alkyl or cyclic N) is 1. The Labute approximate surface area is 88.0 Å². The first-order valence-electron chi connectivity index (χ1n) is 4.88. The van der Waals surface area contributed by atoms with Crippen LogP contribution in [-0.4, -0.2) is 34.0 Å². The number of nitriles is 1. The zero-order valence-corrected chi connectivity index (χ0v) is 8.51. The summed E-state index contributed by atoms with van der Waals surface area (Å²) >= 11 is 0. The molecule has 1 aliphatic rings. The largest absolute Gasteiger partial charge is 0.386 e. The van der Waals surface area contributed by atoms with Crippen molar-refractivity contribution in [2.24, 2.45) is 0 Å². The van der Waals surface area contributed by atoms with Gasteiger partial charge in [0.2, 0.25) is 0 Å². The van der Waals surface area contributed by atoms with Crippen molar-refractivity contribution in [3.8, 4) is 6.07 Å². The van der Waals surface area contributed by atoms with Crippen molar-refractivity contribution in [3.05, 3.63) is 17.8 Å². The fraction of sp³-hybridized carbons (Fsp3) is 0.500. The predicted octanol–water partition coefficient (Wildman–Crippen LogP) is 0.309. The molecule has 2 rings (SSSR count). The lowest BCUT2D eigenvalue weighted by Crippen LogP contribution is -2.61. The Hall–Kier alpha value is -1.67. The summed E-state index contributed by atoms with van der Waals surface area (Å²) < 4.78 is 0. The minimum atomic E-state index is -0.574. The molecule has 0 spiro atoms. The van der Waals surface area contributed by atoms with Crippen LogP contribution in [0.4, 0.5) is 5.82 Å². The van der Waals surface area contributed by atoms with Gasteiger partial charge in [0.15, 0.2) is 11.5 Å². The van der Waals surface area contributed by atoms with Crippen LogP contribution in [0.2, 0.25) is 0 Å². The minimum absolute atomic E-state index is 0.310. The van der Waals surface area contributed by atoms with Crippen LogP contribution in [0.3, 0.4) is 0 Å². The molecule has 1 saturated heterocycles. The Bertz CT molecular complexity index is 389. The van der Waals surface area contributed by atoms with E-state index in [1.54, 1.807) is 12.1 Å². The van der Waals surface area contributed by atoms with Gasteiger partial charge in [-0.05, 0) is 18.6 Å². The fourth-order valence-electron chi connectivity index (χ4n) is 1.60. The summed E-state index contributed by atoms with van der Waals surface area (Å²) in [5.74, 6) is 0.715. The molecule has 5 nitrogen and oxygen atoms in total. The van der Waals surface area contributed by atoms with Crippen molar-refractivity contribution in [2.45, 2.75) is 18.9 Å². The van der Waals surface area contributed by atoms with Crippen molar-refractivity contribution < 1.29 is 5.11 Å². The molecule has 1 N–H and O–H groups in total. The Balaban J connectivity index is 2.05. The monoisotopic (exact) mass is 204 g/mol. The van der Waals surface area contributed by atoms with Gasteiger partial charge in [-0.2, -0.15) is 5.26 Å². The standard InChI is InChI=1S/C10H12N4O/c1-2-10(15)6-14(7-10)9-4-3-8(5-11)12-13-9/h3-4,15H,2,6-7H2,1H3. The van der Waals surface area contributed by atoms with Crippen molar-refractivity contribution in [1.82, 2.24) is 10.2 Å². The van der Waals surface area contributed by atoms with E-state index in [2.05, 4.69) is 10.2 Å². The van der Waals surface area contributed by atoms with Crippen LogP contribution in [0, 0.1) is 11.3 Å². The van der Waals surface area contributed by atoms with Crippen molar-refractivity contribution >= 4 is 5.82 Å². The molecule has 15 heavy (non-hydrogen) atoms. The highest BCUT2D eigenvalue weighted by molar-refractivity contribution is 5.43. The van der Waals surface area contributed by atoms with Crippen molar-refractivity contribution in [1.29, 1.82) is 5.26 Å². The molecular formula is C10H12N4O.